The number of hydrogen-bond acceptors (Lipinski definition) is 4. The van der Waals surface area contributed by atoms with Gasteiger partial charge in [-0.05, 0) is 43.9 Å². The van der Waals surface area contributed by atoms with Crippen molar-refractivity contribution < 1.29 is 13.2 Å². The number of rotatable bonds is 4. The molecule has 0 saturated heterocycles. The van der Waals surface area contributed by atoms with Crippen molar-refractivity contribution in [2.45, 2.75) is 49.2 Å². The molecule has 0 unspecified atom stereocenters. The summed E-state index contributed by atoms with van der Waals surface area (Å²) in [4.78, 5) is 13.3. The van der Waals surface area contributed by atoms with E-state index in [0.717, 1.165) is 18.4 Å². The Kier molecular flexibility index (Phi) is 4.45. The highest BCUT2D eigenvalue weighted by Gasteiger charge is 2.53. The number of carbonyl (C=O) groups is 1. The molecule has 0 aliphatic heterocycles. The Morgan fingerprint density at radius 1 is 1.24 bits per heavy atom. The molecule has 1 saturated carbocycles. The quantitative estimate of drug-likeness (QED) is 0.908. The van der Waals surface area contributed by atoms with Gasteiger partial charge in [-0.15, -0.1) is 0 Å². The smallest absolute Gasteiger partial charge is 0.246 e. The van der Waals surface area contributed by atoms with Crippen LogP contribution < -0.4 is 5.32 Å². The monoisotopic (exact) mass is 361 g/mol. The molecule has 1 amide bonds. The summed E-state index contributed by atoms with van der Waals surface area (Å²) in [5.74, 6) is -0.459. The van der Waals surface area contributed by atoms with E-state index in [-0.39, 0.29) is 4.90 Å². The normalized spacial score (nSPS) is 16.8. The van der Waals surface area contributed by atoms with Crippen LogP contribution in [0.2, 0.25) is 0 Å². The van der Waals surface area contributed by atoms with Crippen LogP contribution in [0.15, 0.2) is 35.5 Å². The van der Waals surface area contributed by atoms with E-state index >= 15 is 0 Å². The number of aryl methyl sites for hydroxylation is 3. The van der Waals surface area contributed by atoms with Gasteiger partial charge in [-0.2, -0.15) is 5.10 Å². The third-order valence-corrected chi connectivity index (χ3v) is 7.58. The van der Waals surface area contributed by atoms with Crippen LogP contribution in [0.25, 0.3) is 0 Å². The van der Waals surface area contributed by atoms with Gasteiger partial charge >= 0.3 is 0 Å². The zero-order chi connectivity index (χ0) is 18.2. The van der Waals surface area contributed by atoms with Crippen molar-refractivity contribution in [2.75, 3.05) is 5.32 Å². The van der Waals surface area contributed by atoms with Crippen LogP contribution in [0.5, 0.6) is 0 Å². The number of hydrogen-bond donors (Lipinski definition) is 1. The minimum absolute atomic E-state index is 0.260. The molecule has 1 aromatic heterocycles. The fourth-order valence-electron chi connectivity index (χ4n) is 3.50. The summed E-state index contributed by atoms with van der Waals surface area (Å²) < 4.78 is 27.1. The molecule has 1 aliphatic carbocycles. The second kappa shape index (κ2) is 6.29. The zero-order valence-corrected chi connectivity index (χ0v) is 15.6. The van der Waals surface area contributed by atoms with Crippen LogP contribution in [0, 0.1) is 13.8 Å². The molecule has 134 valence electrons. The van der Waals surface area contributed by atoms with Crippen molar-refractivity contribution >= 4 is 21.4 Å². The first-order valence-electron chi connectivity index (χ1n) is 8.38. The van der Waals surface area contributed by atoms with Crippen LogP contribution in [0.1, 0.15) is 36.8 Å². The van der Waals surface area contributed by atoms with Gasteiger partial charge in [0.25, 0.3) is 0 Å². The Labute approximate surface area is 148 Å². The van der Waals surface area contributed by atoms with Crippen molar-refractivity contribution in [2.24, 2.45) is 7.05 Å². The maximum atomic E-state index is 13.5. The molecule has 2 aromatic rings. The molecule has 0 spiro atoms. The van der Waals surface area contributed by atoms with Gasteiger partial charge in [0.1, 0.15) is 0 Å². The molecule has 0 bridgehead atoms. The van der Waals surface area contributed by atoms with E-state index in [2.05, 4.69) is 10.4 Å². The van der Waals surface area contributed by atoms with E-state index in [9.17, 15) is 13.2 Å². The summed E-state index contributed by atoms with van der Waals surface area (Å²) >= 11 is 0. The topological polar surface area (TPSA) is 81.1 Å². The van der Waals surface area contributed by atoms with E-state index in [0.29, 0.717) is 24.1 Å². The molecule has 0 atom stereocenters. The first-order valence-corrected chi connectivity index (χ1v) is 9.86. The molecule has 0 radical (unpaired) electrons. The predicted molar refractivity (Wildman–Crippen MR) is 96.1 cm³/mol. The Bertz CT molecular complexity index is 909. The largest absolute Gasteiger partial charge is 0.322 e. The number of amides is 1. The van der Waals surface area contributed by atoms with Gasteiger partial charge in [-0.3, -0.25) is 9.48 Å². The molecule has 7 heteroatoms. The number of nitrogens with zero attached hydrogens (tertiary/aromatic N) is 2. The molecule has 25 heavy (non-hydrogen) atoms. The van der Waals surface area contributed by atoms with Gasteiger partial charge < -0.3 is 5.32 Å². The second-order valence-corrected chi connectivity index (χ2v) is 9.06. The molecule has 6 nitrogen and oxygen atoms in total. The van der Waals surface area contributed by atoms with Gasteiger partial charge in [0.2, 0.25) is 5.91 Å². The summed E-state index contributed by atoms with van der Waals surface area (Å²) in [6.45, 7) is 3.63. The van der Waals surface area contributed by atoms with Crippen molar-refractivity contribution in [3.05, 3.63) is 41.7 Å². The molecule has 3 rings (SSSR count). The van der Waals surface area contributed by atoms with Crippen LogP contribution >= 0.6 is 0 Å². The van der Waals surface area contributed by atoms with Crippen molar-refractivity contribution in [1.82, 2.24) is 9.78 Å². The van der Waals surface area contributed by atoms with Crippen molar-refractivity contribution in [3.63, 3.8) is 0 Å². The maximum Gasteiger partial charge on any atom is 0.246 e. The summed E-state index contributed by atoms with van der Waals surface area (Å²) in [6, 6.07) is 5.34. The van der Waals surface area contributed by atoms with Crippen LogP contribution in [0.3, 0.4) is 0 Å². The van der Waals surface area contributed by atoms with Crippen molar-refractivity contribution in [1.29, 1.82) is 0 Å². The van der Waals surface area contributed by atoms with Crippen LogP contribution in [-0.4, -0.2) is 28.9 Å². The lowest BCUT2D eigenvalue weighted by molar-refractivity contribution is -0.118. The predicted octanol–water partition coefficient (Wildman–Crippen LogP) is 2.76. The first-order chi connectivity index (χ1) is 11.8. The van der Waals surface area contributed by atoms with Gasteiger partial charge in [0.05, 0.1) is 16.8 Å². The molecule has 1 aliphatic rings. The van der Waals surface area contributed by atoms with Crippen LogP contribution in [0.4, 0.5) is 5.69 Å². The van der Waals surface area contributed by atoms with E-state index in [1.807, 2.05) is 13.0 Å². The van der Waals surface area contributed by atoms with Gasteiger partial charge in [0, 0.05) is 13.2 Å². The van der Waals surface area contributed by atoms with E-state index in [1.165, 1.54) is 6.20 Å². The highest BCUT2D eigenvalue weighted by molar-refractivity contribution is 7.93. The SMILES string of the molecule is Cc1ccc(C)c(S(=O)(=O)C2(C(=O)Nc3cnn(C)c3)CCCC2)c1. The number of benzene rings is 1. The zero-order valence-electron chi connectivity index (χ0n) is 14.7. The minimum Gasteiger partial charge on any atom is -0.322 e. The van der Waals surface area contributed by atoms with E-state index < -0.39 is 20.5 Å². The molecule has 1 N–H and O–H groups in total. The highest BCUT2D eigenvalue weighted by atomic mass is 32.2. The molecule has 1 fully saturated rings. The molecule has 1 heterocycles. The summed E-state index contributed by atoms with van der Waals surface area (Å²) in [5.41, 5.74) is 2.05. The lowest BCUT2D eigenvalue weighted by Gasteiger charge is -2.28. The fourth-order valence-corrected chi connectivity index (χ4v) is 5.88. The lowest BCUT2D eigenvalue weighted by atomic mass is 10.1. The first kappa shape index (κ1) is 17.7. The molecule has 1 aromatic carbocycles. The van der Waals surface area contributed by atoms with E-state index in [4.69, 9.17) is 0 Å². The van der Waals surface area contributed by atoms with Gasteiger partial charge in [0.15, 0.2) is 14.6 Å². The Morgan fingerprint density at radius 2 is 1.92 bits per heavy atom. The van der Waals surface area contributed by atoms with Gasteiger partial charge in [-0.1, -0.05) is 25.0 Å². The summed E-state index contributed by atoms with van der Waals surface area (Å²) in [6.07, 6.45) is 5.31. The summed E-state index contributed by atoms with van der Waals surface area (Å²) in [5, 5.41) is 6.77. The second-order valence-electron chi connectivity index (χ2n) is 6.83. The number of carbonyl (C=O) groups excluding carboxylic acids is 1. The maximum absolute atomic E-state index is 13.5. The Morgan fingerprint density at radius 3 is 2.52 bits per heavy atom. The number of nitrogens with one attached hydrogen (secondary N) is 1. The van der Waals surface area contributed by atoms with E-state index in [1.54, 1.807) is 37.0 Å². The lowest BCUT2D eigenvalue weighted by Crippen LogP contribution is -2.47. The molecular formula is C18H23N3O3S. The Balaban J connectivity index is 2.04. The Hall–Kier alpha value is -2.15. The minimum atomic E-state index is -3.81. The number of sulfone groups is 1. The fraction of sp³-hybridized carbons (Fsp3) is 0.444. The highest BCUT2D eigenvalue weighted by Crippen LogP contribution is 2.42. The standard InChI is InChI=1S/C18H23N3O3S/c1-13-6-7-14(2)16(10-13)25(23,24)18(8-4-5-9-18)17(22)20-15-11-19-21(3)12-15/h6-7,10-12H,4-5,8-9H2,1-3H3,(H,20,22). The third kappa shape index (κ3) is 2.97. The molecular weight excluding hydrogens is 338 g/mol. The van der Waals surface area contributed by atoms with Crippen LogP contribution in [-0.2, 0) is 21.7 Å². The summed E-state index contributed by atoms with van der Waals surface area (Å²) in [7, 11) is -2.06. The average Bonchev–Trinajstić information content (AvgIpc) is 3.19. The number of anilines is 1. The third-order valence-electron chi connectivity index (χ3n) is 4.94. The van der Waals surface area contributed by atoms with Crippen molar-refractivity contribution in [3.8, 4) is 0 Å². The van der Waals surface area contributed by atoms with Gasteiger partial charge in [-0.25, -0.2) is 8.42 Å². The average molecular weight is 361 g/mol. The number of aromatic nitrogens is 2.